The Morgan fingerprint density at radius 2 is 1.78 bits per heavy atom. The summed E-state index contributed by atoms with van der Waals surface area (Å²) in [6.45, 7) is 0.261. The summed E-state index contributed by atoms with van der Waals surface area (Å²) in [6.07, 6.45) is 6.64. The molecule has 1 fully saturated rings. The second-order valence-electron chi connectivity index (χ2n) is 8.43. The van der Waals surface area contributed by atoms with Gasteiger partial charge in [-0.25, -0.2) is 4.79 Å². The molecular formula is C24H25N3O5. The summed E-state index contributed by atoms with van der Waals surface area (Å²) in [5.74, 6) is 1.06. The number of nitrogens with zero attached hydrogens (tertiary/aromatic N) is 1. The fourth-order valence-electron chi connectivity index (χ4n) is 4.45. The van der Waals surface area contributed by atoms with Gasteiger partial charge in [0.25, 0.3) is 11.5 Å². The van der Waals surface area contributed by atoms with Gasteiger partial charge in [0, 0.05) is 11.6 Å². The Hall–Kier alpha value is -3.55. The number of hydrogen-bond acceptors (Lipinski definition) is 5. The largest absolute Gasteiger partial charge is 0.454 e. The first-order valence-electron chi connectivity index (χ1n) is 11.0. The minimum absolute atomic E-state index is 0.102. The van der Waals surface area contributed by atoms with Crippen LogP contribution in [0.1, 0.15) is 54.4 Å². The molecule has 0 radical (unpaired) electrons. The van der Waals surface area contributed by atoms with E-state index in [2.05, 4.69) is 10.3 Å². The number of amides is 1. The average molecular weight is 435 g/mol. The van der Waals surface area contributed by atoms with Crippen molar-refractivity contribution in [1.29, 1.82) is 0 Å². The molecule has 166 valence electrons. The van der Waals surface area contributed by atoms with Crippen LogP contribution in [0.2, 0.25) is 0 Å². The minimum atomic E-state index is -0.526. The van der Waals surface area contributed by atoms with Gasteiger partial charge in [-0.3, -0.25) is 14.2 Å². The molecule has 8 nitrogen and oxygen atoms in total. The number of carbonyl (C=O) groups is 1. The van der Waals surface area contributed by atoms with Gasteiger partial charge in [0.1, 0.15) is 0 Å². The molecule has 8 heteroatoms. The van der Waals surface area contributed by atoms with Crippen molar-refractivity contribution in [3.63, 3.8) is 0 Å². The van der Waals surface area contributed by atoms with Gasteiger partial charge in [-0.05, 0) is 48.7 Å². The molecule has 3 aromatic rings. The summed E-state index contributed by atoms with van der Waals surface area (Å²) in [4.78, 5) is 41.2. The molecule has 0 unspecified atom stereocenters. The molecule has 0 atom stereocenters. The van der Waals surface area contributed by atoms with Crippen molar-refractivity contribution in [3.8, 4) is 11.5 Å². The Kier molecular flexibility index (Phi) is 5.43. The molecule has 2 aliphatic rings. The van der Waals surface area contributed by atoms with Crippen LogP contribution >= 0.6 is 0 Å². The summed E-state index contributed by atoms with van der Waals surface area (Å²) in [5.41, 5.74) is 0.611. The molecular weight excluding hydrogens is 410 g/mol. The van der Waals surface area contributed by atoms with Crippen molar-refractivity contribution < 1.29 is 14.3 Å². The molecule has 0 bridgehead atoms. The smallest absolute Gasteiger partial charge is 0.329 e. The molecule has 0 spiro atoms. The van der Waals surface area contributed by atoms with Crippen LogP contribution in [-0.2, 0) is 6.54 Å². The molecule has 32 heavy (non-hydrogen) atoms. The lowest BCUT2D eigenvalue weighted by Gasteiger charge is -2.16. The van der Waals surface area contributed by atoms with Gasteiger partial charge in [0.2, 0.25) is 6.79 Å². The highest BCUT2D eigenvalue weighted by Gasteiger charge is 2.18. The third-order valence-corrected chi connectivity index (χ3v) is 6.21. The zero-order valence-electron chi connectivity index (χ0n) is 17.7. The minimum Gasteiger partial charge on any atom is -0.454 e. The average Bonchev–Trinajstić information content (AvgIpc) is 3.11. The molecule has 2 heterocycles. The van der Waals surface area contributed by atoms with Crippen LogP contribution in [0.25, 0.3) is 10.9 Å². The molecule has 5 rings (SSSR count). The molecule has 1 aliphatic carbocycles. The highest BCUT2D eigenvalue weighted by Crippen LogP contribution is 2.32. The van der Waals surface area contributed by atoms with E-state index in [1.54, 1.807) is 36.4 Å². The number of benzene rings is 2. The normalized spacial score (nSPS) is 16.1. The van der Waals surface area contributed by atoms with Crippen molar-refractivity contribution in [2.24, 2.45) is 0 Å². The quantitative estimate of drug-likeness (QED) is 0.614. The van der Waals surface area contributed by atoms with Crippen LogP contribution in [0.4, 0.5) is 0 Å². The van der Waals surface area contributed by atoms with Gasteiger partial charge in [-0.1, -0.05) is 31.7 Å². The third-order valence-electron chi connectivity index (χ3n) is 6.21. The maximum Gasteiger partial charge on any atom is 0.329 e. The number of carbonyl (C=O) groups excluding carboxylic acids is 1. The fourth-order valence-corrected chi connectivity index (χ4v) is 4.45. The molecule has 2 aromatic carbocycles. The monoisotopic (exact) mass is 435 g/mol. The molecule has 1 aromatic heterocycles. The maximum atomic E-state index is 13.0. The van der Waals surface area contributed by atoms with Crippen LogP contribution < -0.4 is 26.0 Å². The van der Waals surface area contributed by atoms with E-state index in [4.69, 9.17) is 9.47 Å². The zero-order valence-corrected chi connectivity index (χ0v) is 17.7. The SMILES string of the molecule is O=C(NC1CCCCCC1)c1ccc2c(=O)n(Cc3ccc4c(c3)OCO4)c(=O)[nH]c2c1. The number of rotatable bonds is 4. The Labute approximate surface area is 184 Å². The summed E-state index contributed by atoms with van der Waals surface area (Å²) in [7, 11) is 0. The number of aromatic amines is 1. The second kappa shape index (κ2) is 8.53. The Balaban J connectivity index is 1.41. The van der Waals surface area contributed by atoms with Crippen molar-refractivity contribution in [1.82, 2.24) is 14.9 Å². The maximum absolute atomic E-state index is 13.0. The van der Waals surface area contributed by atoms with E-state index in [-0.39, 0.29) is 25.3 Å². The van der Waals surface area contributed by atoms with E-state index >= 15 is 0 Å². The molecule has 1 amide bonds. The number of ether oxygens (including phenoxy) is 2. The van der Waals surface area contributed by atoms with E-state index < -0.39 is 11.2 Å². The Morgan fingerprint density at radius 1 is 1.00 bits per heavy atom. The lowest BCUT2D eigenvalue weighted by molar-refractivity contribution is 0.0933. The first kappa shape index (κ1) is 20.4. The third kappa shape index (κ3) is 4.00. The van der Waals surface area contributed by atoms with Gasteiger partial charge < -0.3 is 19.8 Å². The van der Waals surface area contributed by atoms with E-state index in [1.807, 2.05) is 0 Å². The van der Waals surface area contributed by atoms with Gasteiger partial charge in [-0.15, -0.1) is 0 Å². The predicted octanol–water partition coefficient (Wildman–Crippen LogP) is 2.92. The van der Waals surface area contributed by atoms with Gasteiger partial charge >= 0.3 is 5.69 Å². The molecule has 2 N–H and O–H groups in total. The van der Waals surface area contributed by atoms with Crippen molar-refractivity contribution in [2.75, 3.05) is 6.79 Å². The highest BCUT2D eigenvalue weighted by molar-refractivity contribution is 5.97. The summed E-state index contributed by atoms with van der Waals surface area (Å²) in [6, 6.07) is 10.3. The van der Waals surface area contributed by atoms with Gasteiger partial charge in [0.05, 0.1) is 17.4 Å². The van der Waals surface area contributed by atoms with Crippen molar-refractivity contribution in [2.45, 2.75) is 51.1 Å². The lowest BCUT2D eigenvalue weighted by Crippen LogP contribution is -2.36. The highest BCUT2D eigenvalue weighted by atomic mass is 16.7. The van der Waals surface area contributed by atoms with Crippen molar-refractivity contribution in [3.05, 3.63) is 68.4 Å². The molecule has 0 saturated heterocycles. The van der Waals surface area contributed by atoms with Crippen LogP contribution in [0, 0.1) is 0 Å². The summed E-state index contributed by atoms with van der Waals surface area (Å²) >= 11 is 0. The van der Waals surface area contributed by atoms with E-state index in [0.717, 1.165) is 35.8 Å². The number of fused-ring (bicyclic) bond motifs is 2. The number of hydrogen-bond donors (Lipinski definition) is 2. The second-order valence-corrected chi connectivity index (χ2v) is 8.43. The van der Waals surface area contributed by atoms with Crippen LogP contribution in [-0.4, -0.2) is 28.3 Å². The van der Waals surface area contributed by atoms with Crippen LogP contribution in [0.3, 0.4) is 0 Å². The van der Waals surface area contributed by atoms with Crippen LogP contribution in [0.5, 0.6) is 11.5 Å². The Bertz CT molecular complexity index is 1290. The molecule has 1 saturated carbocycles. The van der Waals surface area contributed by atoms with E-state index in [0.29, 0.717) is 28.0 Å². The van der Waals surface area contributed by atoms with E-state index in [9.17, 15) is 14.4 Å². The zero-order chi connectivity index (χ0) is 22.1. The predicted molar refractivity (Wildman–Crippen MR) is 119 cm³/mol. The first-order valence-corrected chi connectivity index (χ1v) is 11.0. The topological polar surface area (TPSA) is 102 Å². The van der Waals surface area contributed by atoms with Crippen molar-refractivity contribution >= 4 is 16.8 Å². The molecule has 1 aliphatic heterocycles. The van der Waals surface area contributed by atoms with E-state index in [1.165, 1.54) is 12.8 Å². The fraction of sp³-hybridized carbons (Fsp3) is 0.375. The van der Waals surface area contributed by atoms with Crippen LogP contribution in [0.15, 0.2) is 46.0 Å². The van der Waals surface area contributed by atoms with Gasteiger partial charge in [-0.2, -0.15) is 0 Å². The Morgan fingerprint density at radius 3 is 2.59 bits per heavy atom. The number of nitrogens with one attached hydrogen (secondary N) is 2. The van der Waals surface area contributed by atoms with Gasteiger partial charge in [0.15, 0.2) is 11.5 Å². The summed E-state index contributed by atoms with van der Waals surface area (Å²) < 4.78 is 11.8. The number of aromatic nitrogens is 2. The first-order chi connectivity index (χ1) is 15.6. The lowest BCUT2D eigenvalue weighted by atomic mass is 10.1. The summed E-state index contributed by atoms with van der Waals surface area (Å²) in [5, 5.41) is 3.45. The number of H-pyrrole nitrogens is 1. The standard InChI is InChI=1S/C24H25N3O5/c28-22(25-17-5-3-1-2-4-6-17)16-8-9-18-19(12-16)26-24(30)27(23(18)29)13-15-7-10-20-21(11-15)32-14-31-20/h7-12,17H,1-6,13-14H2,(H,25,28)(H,26,30).